The second-order valence-corrected chi connectivity index (χ2v) is 3.96. The Morgan fingerprint density at radius 2 is 1.30 bits per heavy atom. The molecule has 98 valence electrons. The number of hydrazine groups is 1. The van der Waals surface area contributed by atoms with Crippen LogP contribution in [0.2, 0.25) is 0 Å². The minimum absolute atomic E-state index is 0.359. The van der Waals surface area contributed by atoms with Gasteiger partial charge in [-0.1, -0.05) is 18.2 Å². The van der Waals surface area contributed by atoms with Crippen LogP contribution in [0.5, 0.6) is 0 Å². The molecule has 0 aromatic heterocycles. The number of amides is 2. The van der Waals surface area contributed by atoms with Gasteiger partial charge in [0.05, 0.1) is 11.6 Å². The average molecular weight is 265 g/mol. The molecule has 5 heteroatoms. The molecule has 2 aromatic rings. The van der Waals surface area contributed by atoms with Crippen LogP contribution >= 0.6 is 0 Å². The molecule has 0 fully saturated rings. The lowest BCUT2D eigenvalue weighted by Gasteiger charge is -2.07. The highest BCUT2D eigenvalue weighted by Gasteiger charge is 2.08. The van der Waals surface area contributed by atoms with E-state index < -0.39 is 11.8 Å². The Morgan fingerprint density at radius 3 is 1.80 bits per heavy atom. The van der Waals surface area contributed by atoms with Gasteiger partial charge < -0.3 is 0 Å². The van der Waals surface area contributed by atoms with Gasteiger partial charge in [0.25, 0.3) is 11.8 Å². The van der Waals surface area contributed by atoms with E-state index in [0.717, 1.165) is 0 Å². The predicted molar refractivity (Wildman–Crippen MR) is 72.5 cm³/mol. The highest BCUT2D eigenvalue weighted by atomic mass is 16.2. The fraction of sp³-hybridized carbons (Fsp3) is 0. The lowest BCUT2D eigenvalue weighted by Crippen LogP contribution is -2.41. The number of nitrogens with one attached hydrogen (secondary N) is 2. The number of nitriles is 1. The van der Waals surface area contributed by atoms with Gasteiger partial charge in [0.2, 0.25) is 0 Å². The standard InChI is InChI=1S/C15H11N3O2/c16-10-11-6-8-13(9-7-11)15(20)18-17-14(19)12-4-2-1-3-5-12/h1-9H,(H,17,19)(H,18,20). The summed E-state index contributed by atoms with van der Waals surface area (Å²) < 4.78 is 0. The summed E-state index contributed by atoms with van der Waals surface area (Å²) in [5.74, 6) is -0.841. The zero-order valence-electron chi connectivity index (χ0n) is 10.5. The van der Waals surface area contributed by atoms with Gasteiger partial charge in [-0.25, -0.2) is 0 Å². The van der Waals surface area contributed by atoms with Crippen molar-refractivity contribution in [3.8, 4) is 6.07 Å². The minimum atomic E-state index is -0.446. The summed E-state index contributed by atoms with van der Waals surface area (Å²) in [6.45, 7) is 0. The molecule has 20 heavy (non-hydrogen) atoms. The number of hydrogen-bond donors (Lipinski definition) is 2. The van der Waals surface area contributed by atoms with Gasteiger partial charge in [-0.2, -0.15) is 5.26 Å². The molecule has 0 saturated carbocycles. The van der Waals surface area contributed by atoms with Gasteiger partial charge in [0.1, 0.15) is 0 Å². The number of carbonyl (C=O) groups is 2. The second kappa shape index (κ2) is 6.16. The smallest absolute Gasteiger partial charge is 0.267 e. The molecule has 2 amide bonds. The number of hydrogen-bond acceptors (Lipinski definition) is 3. The Labute approximate surface area is 115 Å². The predicted octanol–water partition coefficient (Wildman–Crippen LogP) is 1.63. The molecule has 0 atom stereocenters. The van der Waals surface area contributed by atoms with E-state index in [1.54, 1.807) is 30.3 Å². The molecule has 0 bridgehead atoms. The third kappa shape index (κ3) is 3.21. The van der Waals surface area contributed by atoms with Crippen molar-refractivity contribution in [1.29, 1.82) is 5.26 Å². The van der Waals surface area contributed by atoms with Crippen molar-refractivity contribution < 1.29 is 9.59 Å². The molecular weight excluding hydrogens is 254 g/mol. The number of carbonyl (C=O) groups excluding carboxylic acids is 2. The van der Waals surface area contributed by atoms with Gasteiger partial charge in [-0.3, -0.25) is 20.4 Å². The molecular formula is C15H11N3O2. The largest absolute Gasteiger partial charge is 0.269 e. The molecule has 2 rings (SSSR count). The zero-order chi connectivity index (χ0) is 14.4. The third-order valence-electron chi connectivity index (χ3n) is 2.60. The van der Waals surface area contributed by atoms with Crippen LogP contribution in [0.25, 0.3) is 0 Å². The fourth-order valence-electron chi connectivity index (χ4n) is 1.54. The highest BCUT2D eigenvalue weighted by Crippen LogP contribution is 2.03. The molecule has 0 aliphatic rings. The normalized spacial score (nSPS) is 9.35. The fourth-order valence-corrected chi connectivity index (χ4v) is 1.54. The summed E-state index contributed by atoms with van der Waals surface area (Å²) >= 11 is 0. The minimum Gasteiger partial charge on any atom is -0.267 e. The molecule has 0 aliphatic carbocycles. The summed E-state index contributed by atoms with van der Waals surface area (Å²) in [6.07, 6.45) is 0. The molecule has 0 radical (unpaired) electrons. The molecule has 0 unspecified atom stereocenters. The van der Waals surface area contributed by atoms with E-state index in [0.29, 0.717) is 16.7 Å². The van der Waals surface area contributed by atoms with E-state index in [9.17, 15) is 9.59 Å². The topological polar surface area (TPSA) is 82.0 Å². The summed E-state index contributed by atoms with van der Waals surface area (Å²) in [5, 5.41) is 8.66. The Bertz CT molecular complexity index is 658. The van der Waals surface area contributed by atoms with Crippen LogP contribution in [0.1, 0.15) is 26.3 Å². The molecule has 0 spiro atoms. The maximum absolute atomic E-state index is 11.8. The zero-order valence-corrected chi connectivity index (χ0v) is 10.5. The van der Waals surface area contributed by atoms with Crippen LogP contribution in [-0.4, -0.2) is 11.8 Å². The van der Waals surface area contributed by atoms with E-state index in [2.05, 4.69) is 10.9 Å². The summed E-state index contributed by atoms with van der Waals surface area (Å²) in [6, 6.07) is 16.6. The Balaban J connectivity index is 1.95. The van der Waals surface area contributed by atoms with Gasteiger partial charge in [0.15, 0.2) is 0 Å². The van der Waals surface area contributed by atoms with Crippen molar-refractivity contribution in [3.05, 3.63) is 71.3 Å². The van der Waals surface area contributed by atoms with Crippen molar-refractivity contribution in [3.63, 3.8) is 0 Å². The summed E-state index contributed by atoms with van der Waals surface area (Å²) in [5.41, 5.74) is 5.91. The van der Waals surface area contributed by atoms with Crippen LogP contribution in [0.3, 0.4) is 0 Å². The molecule has 2 N–H and O–H groups in total. The molecule has 0 aliphatic heterocycles. The van der Waals surface area contributed by atoms with Gasteiger partial charge in [-0.15, -0.1) is 0 Å². The Kier molecular flexibility index (Phi) is 4.10. The monoisotopic (exact) mass is 265 g/mol. The first-order valence-corrected chi connectivity index (χ1v) is 5.86. The summed E-state index contributed by atoms with van der Waals surface area (Å²) in [4.78, 5) is 23.5. The molecule has 2 aromatic carbocycles. The Morgan fingerprint density at radius 1 is 0.800 bits per heavy atom. The maximum atomic E-state index is 11.8. The van der Waals surface area contributed by atoms with Crippen molar-refractivity contribution in [2.75, 3.05) is 0 Å². The SMILES string of the molecule is N#Cc1ccc(C(=O)NNC(=O)c2ccccc2)cc1. The Hall–Kier alpha value is -3.13. The second-order valence-electron chi connectivity index (χ2n) is 3.96. The van der Waals surface area contributed by atoms with E-state index >= 15 is 0 Å². The van der Waals surface area contributed by atoms with Crippen molar-refractivity contribution >= 4 is 11.8 Å². The first kappa shape index (κ1) is 13.3. The van der Waals surface area contributed by atoms with Crippen molar-refractivity contribution in [2.45, 2.75) is 0 Å². The lowest BCUT2D eigenvalue weighted by molar-refractivity contribution is 0.0846. The van der Waals surface area contributed by atoms with E-state index in [1.807, 2.05) is 6.07 Å². The maximum Gasteiger partial charge on any atom is 0.269 e. The van der Waals surface area contributed by atoms with Gasteiger partial charge in [0, 0.05) is 11.1 Å². The lowest BCUT2D eigenvalue weighted by atomic mass is 10.1. The van der Waals surface area contributed by atoms with Gasteiger partial charge >= 0.3 is 0 Å². The van der Waals surface area contributed by atoms with Crippen LogP contribution in [-0.2, 0) is 0 Å². The number of rotatable bonds is 2. The van der Waals surface area contributed by atoms with Crippen LogP contribution < -0.4 is 10.9 Å². The number of benzene rings is 2. The van der Waals surface area contributed by atoms with E-state index in [4.69, 9.17) is 5.26 Å². The molecule has 0 saturated heterocycles. The van der Waals surface area contributed by atoms with Crippen molar-refractivity contribution in [1.82, 2.24) is 10.9 Å². The van der Waals surface area contributed by atoms with Gasteiger partial charge in [-0.05, 0) is 36.4 Å². The average Bonchev–Trinajstić information content (AvgIpc) is 2.53. The van der Waals surface area contributed by atoms with Crippen LogP contribution in [0.15, 0.2) is 54.6 Å². The van der Waals surface area contributed by atoms with Crippen LogP contribution in [0.4, 0.5) is 0 Å². The molecule has 5 nitrogen and oxygen atoms in total. The van der Waals surface area contributed by atoms with Crippen LogP contribution in [0, 0.1) is 11.3 Å². The van der Waals surface area contributed by atoms with E-state index in [1.165, 1.54) is 24.3 Å². The molecule has 0 heterocycles. The summed E-state index contributed by atoms with van der Waals surface area (Å²) in [7, 11) is 0. The first-order chi connectivity index (χ1) is 9.70. The quantitative estimate of drug-likeness (QED) is 0.810. The van der Waals surface area contributed by atoms with Crippen molar-refractivity contribution in [2.24, 2.45) is 0 Å². The highest BCUT2D eigenvalue weighted by molar-refractivity contribution is 5.99. The van der Waals surface area contributed by atoms with E-state index in [-0.39, 0.29) is 0 Å². The third-order valence-corrected chi connectivity index (χ3v) is 2.60. The number of nitrogens with zero attached hydrogens (tertiary/aromatic N) is 1. The first-order valence-electron chi connectivity index (χ1n) is 5.86.